The molecule has 3 heteroatoms. The van der Waals surface area contributed by atoms with Crippen LogP contribution in [0.25, 0.3) is 0 Å². The van der Waals surface area contributed by atoms with Gasteiger partial charge in [0.15, 0.2) is 0 Å². The van der Waals surface area contributed by atoms with E-state index in [1.807, 2.05) is 12.1 Å². The van der Waals surface area contributed by atoms with Crippen molar-refractivity contribution >= 4 is 5.91 Å². The molecule has 2 N–H and O–H groups in total. The molecule has 1 amide bonds. The van der Waals surface area contributed by atoms with Crippen LogP contribution in [-0.2, 0) is 6.42 Å². The van der Waals surface area contributed by atoms with E-state index in [1.165, 1.54) is 19.3 Å². The molecule has 1 aromatic carbocycles. The Bertz CT molecular complexity index is 452. The Morgan fingerprint density at radius 1 is 1.35 bits per heavy atom. The molecule has 1 aromatic rings. The maximum absolute atomic E-state index is 11.3. The number of ether oxygens (including phenoxy) is 1. The molecule has 2 aliphatic rings. The summed E-state index contributed by atoms with van der Waals surface area (Å²) in [4.78, 5) is 11.3. The van der Waals surface area contributed by atoms with Gasteiger partial charge < -0.3 is 10.5 Å². The van der Waals surface area contributed by atoms with E-state index in [0.717, 1.165) is 30.1 Å². The molecular weight excluding hydrogens is 214 g/mol. The van der Waals surface area contributed by atoms with Gasteiger partial charge in [-0.2, -0.15) is 0 Å². The zero-order valence-electron chi connectivity index (χ0n) is 9.82. The van der Waals surface area contributed by atoms with E-state index in [9.17, 15) is 4.79 Å². The lowest BCUT2D eigenvalue weighted by Crippen LogP contribution is -2.25. The zero-order valence-corrected chi connectivity index (χ0v) is 9.82. The van der Waals surface area contributed by atoms with Crippen LogP contribution in [0.4, 0.5) is 0 Å². The number of hydrogen-bond donors (Lipinski definition) is 1. The highest BCUT2D eigenvalue weighted by molar-refractivity contribution is 5.95. The molecule has 1 aliphatic heterocycles. The Labute approximate surface area is 101 Å². The molecule has 0 spiro atoms. The molecule has 90 valence electrons. The van der Waals surface area contributed by atoms with Crippen LogP contribution < -0.4 is 10.5 Å². The number of rotatable bonds is 3. The maximum Gasteiger partial charge on any atom is 0.249 e. The maximum atomic E-state index is 11.3. The van der Waals surface area contributed by atoms with Crippen molar-refractivity contribution in [3.8, 4) is 5.75 Å². The number of carbonyl (C=O) groups is 1. The lowest BCUT2D eigenvalue weighted by molar-refractivity contribution is 0.0995. The Morgan fingerprint density at radius 3 is 2.88 bits per heavy atom. The molecule has 1 saturated carbocycles. The molecule has 0 aromatic heterocycles. The highest BCUT2D eigenvalue weighted by atomic mass is 16.5. The van der Waals surface area contributed by atoms with E-state index < -0.39 is 0 Å². The van der Waals surface area contributed by atoms with Gasteiger partial charge in [0, 0.05) is 11.1 Å². The van der Waals surface area contributed by atoms with E-state index in [4.69, 9.17) is 10.5 Å². The molecule has 1 heterocycles. The second-order valence-corrected chi connectivity index (χ2v) is 5.10. The largest absolute Gasteiger partial charge is 0.490 e. The number of hydrogen-bond acceptors (Lipinski definition) is 2. The quantitative estimate of drug-likeness (QED) is 0.867. The van der Waals surface area contributed by atoms with E-state index in [1.54, 1.807) is 6.07 Å². The first-order valence-electron chi connectivity index (χ1n) is 6.32. The number of benzene rings is 1. The molecule has 1 atom stereocenters. The van der Waals surface area contributed by atoms with Crippen molar-refractivity contribution in [3.05, 3.63) is 29.3 Å². The summed E-state index contributed by atoms with van der Waals surface area (Å²) in [5, 5.41) is 0. The van der Waals surface area contributed by atoms with Crippen LogP contribution in [0.2, 0.25) is 0 Å². The summed E-state index contributed by atoms with van der Waals surface area (Å²) in [5.41, 5.74) is 6.98. The smallest absolute Gasteiger partial charge is 0.249 e. The summed E-state index contributed by atoms with van der Waals surface area (Å²) in [6.45, 7) is 0. The summed E-state index contributed by atoms with van der Waals surface area (Å²) >= 11 is 0. The number of amides is 1. The van der Waals surface area contributed by atoms with Gasteiger partial charge in [-0.1, -0.05) is 18.9 Å². The predicted octanol–water partition coefficient (Wildman–Crippen LogP) is 2.28. The minimum absolute atomic E-state index is 0.332. The topological polar surface area (TPSA) is 52.3 Å². The predicted molar refractivity (Wildman–Crippen MR) is 65.0 cm³/mol. The summed E-state index contributed by atoms with van der Waals surface area (Å²) in [6.07, 6.45) is 6.13. The minimum Gasteiger partial charge on any atom is -0.490 e. The van der Waals surface area contributed by atoms with Crippen LogP contribution in [0.1, 0.15) is 41.6 Å². The lowest BCUT2D eigenvalue weighted by Gasteiger charge is -2.27. The van der Waals surface area contributed by atoms with Crippen LogP contribution in [0.15, 0.2) is 18.2 Å². The number of fused-ring (bicyclic) bond motifs is 1. The van der Waals surface area contributed by atoms with E-state index in [-0.39, 0.29) is 5.91 Å². The third-order valence-corrected chi connectivity index (χ3v) is 3.70. The Hall–Kier alpha value is -1.51. The fraction of sp³-hybridized carbons (Fsp3) is 0.500. The molecule has 1 aliphatic carbocycles. The first kappa shape index (κ1) is 10.6. The summed E-state index contributed by atoms with van der Waals surface area (Å²) < 4.78 is 5.97. The van der Waals surface area contributed by atoms with Crippen molar-refractivity contribution in [3.63, 3.8) is 0 Å². The van der Waals surface area contributed by atoms with Crippen LogP contribution in [0, 0.1) is 5.92 Å². The first-order chi connectivity index (χ1) is 8.24. The Morgan fingerprint density at radius 2 is 2.18 bits per heavy atom. The fourth-order valence-corrected chi connectivity index (χ4v) is 2.60. The molecular formula is C14H17NO2. The molecule has 1 unspecified atom stereocenters. The van der Waals surface area contributed by atoms with Crippen molar-refractivity contribution in [1.29, 1.82) is 0 Å². The third kappa shape index (κ3) is 2.14. The van der Waals surface area contributed by atoms with Gasteiger partial charge in [-0.3, -0.25) is 4.79 Å². The van der Waals surface area contributed by atoms with Crippen molar-refractivity contribution in [2.24, 2.45) is 11.7 Å². The van der Waals surface area contributed by atoms with Gasteiger partial charge in [0.2, 0.25) is 5.91 Å². The molecule has 0 bridgehead atoms. The zero-order chi connectivity index (χ0) is 11.8. The molecule has 0 saturated heterocycles. The van der Waals surface area contributed by atoms with Crippen LogP contribution in [0.5, 0.6) is 5.75 Å². The van der Waals surface area contributed by atoms with Gasteiger partial charge in [0.05, 0.1) is 6.10 Å². The monoisotopic (exact) mass is 231 g/mol. The third-order valence-electron chi connectivity index (χ3n) is 3.70. The van der Waals surface area contributed by atoms with Crippen LogP contribution in [0.3, 0.4) is 0 Å². The highest BCUT2D eigenvalue weighted by Crippen LogP contribution is 2.38. The standard InChI is InChI=1S/C14H17NO2/c15-14(16)12-2-1-3-13-11(12)7-6-10(17-13)8-9-4-5-9/h1-3,9-10H,4-8H2,(H2,15,16). The minimum atomic E-state index is -0.355. The Kier molecular flexibility index (Phi) is 2.54. The molecule has 17 heavy (non-hydrogen) atoms. The number of primary amides is 1. The van der Waals surface area contributed by atoms with Crippen molar-refractivity contribution in [2.45, 2.75) is 38.2 Å². The van der Waals surface area contributed by atoms with Crippen LogP contribution in [-0.4, -0.2) is 12.0 Å². The average molecular weight is 231 g/mol. The van der Waals surface area contributed by atoms with E-state index >= 15 is 0 Å². The second-order valence-electron chi connectivity index (χ2n) is 5.10. The van der Waals surface area contributed by atoms with Crippen molar-refractivity contribution in [2.75, 3.05) is 0 Å². The molecule has 1 fully saturated rings. The normalized spacial score (nSPS) is 22.7. The SMILES string of the molecule is NC(=O)c1cccc2c1CCC(CC1CC1)O2. The summed E-state index contributed by atoms with van der Waals surface area (Å²) in [6, 6.07) is 5.57. The summed E-state index contributed by atoms with van der Waals surface area (Å²) in [5.74, 6) is 1.38. The van der Waals surface area contributed by atoms with E-state index in [0.29, 0.717) is 11.7 Å². The van der Waals surface area contributed by atoms with Crippen LogP contribution >= 0.6 is 0 Å². The van der Waals surface area contributed by atoms with Crippen molar-refractivity contribution < 1.29 is 9.53 Å². The summed E-state index contributed by atoms with van der Waals surface area (Å²) in [7, 11) is 0. The number of carbonyl (C=O) groups excluding carboxylic acids is 1. The van der Waals surface area contributed by atoms with Gasteiger partial charge in [-0.25, -0.2) is 0 Å². The molecule has 3 rings (SSSR count). The number of nitrogens with two attached hydrogens (primary N) is 1. The van der Waals surface area contributed by atoms with Gasteiger partial charge in [0.1, 0.15) is 5.75 Å². The van der Waals surface area contributed by atoms with Crippen molar-refractivity contribution in [1.82, 2.24) is 0 Å². The Balaban J connectivity index is 1.82. The van der Waals surface area contributed by atoms with Gasteiger partial charge in [-0.15, -0.1) is 0 Å². The molecule has 3 nitrogen and oxygen atoms in total. The molecule has 0 radical (unpaired) electrons. The lowest BCUT2D eigenvalue weighted by atomic mass is 9.95. The highest BCUT2D eigenvalue weighted by Gasteiger charge is 2.29. The fourth-order valence-electron chi connectivity index (χ4n) is 2.60. The van der Waals surface area contributed by atoms with Gasteiger partial charge in [-0.05, 0) is 37.3 Å². The second kappa shape index (κ2) is 4.06. The average Bonchev–Trinajstić information content (AvgIpc) is 3.11. The van der Waals surface area contributed by atoms with Gasteiger partial charge in [0.25, 0.3) is 0 Å². The van der Waals surface area contributed by atoms with Gasteiger partial charge >= 0.3 is 0 Å². The van der Waals surface area contributed by atoms with E-state index in [2.05, 4.69) is 0 Å². The first-order valence-corrected chi connectivity index (χ1v) is 6.32.